The van der Waals surface area contributed by atoms with E-state index in [1.807, 2.05) is 83.7 Å². The van der Waals surface area contributed by atoms with E-state index >= 15 is 0 Å². The maximum absolute atomic E-state index is 11.7. The summed E-state index contributed by atoms with van der Waals surface area (Å²) in [5.74, 6) is -1.26. The number of hydrogen-bond donors (Lipinski definition) is 1. The molecule has 3 aromatic heterocycles. The maximum Gasteiger partial charge on any atom is 0.317 e. The number of carbonyl (C=O) groups excluding carboxylic acids is 1. The van der Waals surface area contributed by atoms with Crippen molar-refractivity contribution >= 4 is 34.6 Å². The molecule has 2 aromatic carbocycles. The van der Waals surface area contributed by atoms with Crippen molar-refractivity contribution in [2.24, 2.45) is 0 Å². The smallest absolute Gasteiger partial charge is 0.317 e. The van der Waals surface area contributed by atoms with Crippen LogP contribution in [-0.2, 0) is 34.1 Å². The third-order valence-electron chi connectivity index (χ3n) is 5.50. The molecule has 0 aliphatic rings. The van der Waals surface area contributed by atoms with E-state index in [1.54, 1.807) is 16.0 Å². The molecule has 5 rings (SSSR count). The highest BCUT2D eigenvalue weighted by molar-refractivity contribution is 7.13. The van der Waals surface area contributed by atoms with Gasteiger partial charge in [-0.15, -0.1) is 22.7 Å². The minimum atomic E-state index is -1.22. The minimum Gasteiger partial charge on any atom is -0.487 e. The molecule has 0 spiro atoms. The predicted octanol–water partition coefficient (Wildman–Crippen LogP) is 5.88. The van der Waals surface area contributed by atoms with Crippen LogP contribution in [0.1, 0.15) is 23.2 Å². The number of benzene rings is 2. The van der Waals surface area contributed by atoms with E-state index in [2.05, 4.69) is 4.98 Å². The molecule has 10 heteroatoms. The highest BCUT2D eigenvalue weighted by Crippen LogP contribution is 2.28. The van der Waals surface area contributed by atoms with Crippen LogP contribution in [0.4, 0.5) is 0 Å². The fraction of sp³-hybridized carbons (Fsp3) is 0.143. The van der Waals surface area contributed by atoms with Crippen LogP contribution in [0.5, 0.6) is 5.75 Å². The van der Waals surface area contributed by atoms with Crippen molar-refractivity contribution in [1.29, 1.82) is 0 Å². The van der Waals surface area contributed by atoms with Crippen molar-refractivity contribution in [3.8, 4) is 26.9 Å². The Morgan fingerprint density at radius 3 is 2.50 bits per heavy atom. The number of thiophene rings is 1. The van der Waals surface area contributed by atoms with Crippen LogP contribution in [0.3, 0.4) is 0 Å². The predicted molar refractivity (Wildman–Crippen MR) is 145 cm³/mol. The first-order valence-corrected chi connectivity index (χ1v) is 13.5. The van der Waals surface area contributed by atoms with Crippen molar-refractivity contribution in [3.63, 3.8) is 0 Å². The van der Waals surface area contributed by atoms with Crippen LogP contribution in [-0.4, -0.2) is 31.8 Å². The molecule has 0 aliphatic carbocycles. The third-order valence-corrected chi connectivity index (χ3v) is 7.32. The van der Waals surface area contributed by atoms with Crippen molar-refractivity contribution in [2.45, 2.75) is 26.2 Å². The Bertz CT molecular complexity index is 1510. The van der Waals surface area contributed by atoms with Gasteiger partial charge < -0.3 is 14.6 Å². The first-order chi connectivity index (χ1) is 18.5. The number of thiazole rings is 1. The fourth-order valence-electron chi connectivity index (χ4n) is 3.72. The van der Waals surface area contributed by atoms with E-state index in [4.69, 9.17) is 19.7 Å². The lowest BCUT2D eigenvalue weighted by Gasteiger charge is -2.06. The second kappa shape index (κ2) is 11.8. The van der Waals surface area contributed by atoms with E-state index in [0.717, 1.165) is 32.5 Å². The number of carbonyl (C=O) groups is 2. The number of carboxylic acids is 1. The van der Waals surface area contributed by atoms with Crippen LogP contribution in [0, 0.1) is 0 Å². The number of nitrogens with zero attached hydrogens (tertiary/aromatic N) is 3. The van der Waals surface area contributed by atoms with Gasteiger partial charge in [-0.3, -0.25) is 14.3 Å². The zero-order valence-electron chi connectivity index (χ0n) is 20.1. The molecule has 0 radical (unpaired) electrons. The Hall–Kier alpha value is -4.28. The topological polar surface area (TPSA) is 104 Å². The second-order valence-electron chi connectivity index (χ2n) is 8.35. The number of carboxylic acid groups (broad SMARTS) is 1. The van der Waals surface area contributed by atoms with Gasteiger partial charge in [0.05, 0.1) is 17.1 Å². The zero-order chi connectivity index (χ0) is 26.3. The van der Waals surface area contributed by atoms with E-state index in [-0.39, 0.29) is 6.61 Å². The first kappa shape index (κ1) is 25.4. The van der Waals surface area contributed by atoms with Gasteiger partial charge in [0.25, 0.3) is 0 Å². The van der Waals surface area contributed by atoms with Gasteiger partial charge in [-0.1, -0.05) is 48.5 Å². The Balaban J connectivity index is 1.21. The normalized spacial score (nSPS) is 10.8. The lowest BCUT2D eigenvalue weighted by atomic mass is 10.2. The molecule has 3 heterocycles. The van der Waals surface area contributed by atoms with Gasteiger partial charge in [0.2, 0.25) is 0 Å². The molecule has 8 nitrogen and oxygen atoms in total. The molecule has 1 N–H and O–H groups in total. The summed E-state index contributed by atoms with van der Waals surface area (Å²) in [7, 11) is 0. The van der Waals surface area contributed by atoms with Crippen LogP contribution < -0.4 is 4.74 Å². The molecule has 38 heavy (non-hydrogen) atoms. The highest BCUT2D eigenvalue weighted by atomic mass is 32.1. The molecule has 5 aromatic rings. The summed E-state index contributed by atoms with van der Waals surface area (Å²) in [6, 6.07) is 21.7. The molecular weight excluding hydrogens is 522 g/mol. The van der Waals surface area contributed by atoms with E-state index in [0.29, 0.717) is 24.4 Å². The zero-order valence-corrected chi connectivity index (χ0v) is 21.8. The van der Waals surface area contributed by atoms with Crippen molar-refractivity contribution < 1.29 is 24.2 Å². The van der Waals surface area contributed by atoms with Gasteiger partial charge in [-0.2, -0.15) is 5.10 Å². The van der Waals surface area contributed by atoms with Crippen LogP contribution in [0.25, 0.3) is 21.1 Å². The maximum atomic E-state index is 11.7. The van der Waals surface area contributed by atoms with Crippen LogP contribution >= 0.6 is 22.7 Å². The standard InChI is InChI=1S/C28H23N3O5S2/c32-25(33)13-26(34)36-16-21-15-31(30-27(21)24-7-4-12-37-24)14-19-8-10-23(11-9-19)35-17-22-18-38-28(29-22)20-5-2-1-3-6-20/h1-12,15,18H,13-14,16-17H2,(H,32,33). The fourth-order valence-corrected chi connectivity index (χ4v) is 5.28. The molecular formula is C28H23N3O5S2. The SMILES string of the molecule is O=C(O)CC(=O)OCc1cn(Cc2ccc(OCc3csc(-c4ccccc4)n3)cc2)nc1-c1cccs1. The summed E-state index contributed by atoms with van der Waals surface area (Å²) >= 11 is 3.13. The summed E-state index contributed by atoms with van der Waals surface area (Å²) in [6.07, 6.45) is 1.15. The molecule has 0 fully saturated rings. The number of hydrogen-bond acceptors (Lipinski definition) is 8. The molecule has 0 aliphatic heterocycles. The average Bonchev–Trinajstić information content (AvgIpc) is 3.68. The van der Waals surface area contributed by atoms with Gasteiger partial charge in [0.1, 0.15) is 36.1 Å². The largest absolute Gasteiger partial charge is 0.487 e. The van der Waals surface area contributed by atoms with E-state index in [1.165, 1.54) is 11.3 Å². The summed E-state index contributed by atoms with van der Waals surface area (Å²) < 4.78 is 12.9. The Morgan fingerprint density at radius 1 is 0.947 bits per heavy atom. The molecule has 0 amide bonds. The molecule has 0 saturated heterocycles. The molecule has 0 saturated carbocycles. The minimum absolute atomic E-state index is 0.0469. The van der Waals surface area contributed by atoms with Gasteiger partial charge in [-0.25, -0.2) is 4.98 Å². The van der Waals surface area contributed by atoms with Gasteiger partial charge in [0, 0.05) is 22.7 Å². The molecule has 0 bridgehead atoms. The van der Waals surface area contributed by atoms with Gasteiger partial charge in [-0.05, 0) is 29.1 Å². The first-order valence-electron chi connectivity index (χ1n) is 11.7. The second-order valence-corrected chi connectivity index (χ2v) is 10.2. The number of esters is 1. The Kier molecular flexibility index (Phi) is 7.91. The van der Waals surface area contributed by atoms with Crippen molar-refractivity contribution in [3.05, 3.63) is 101 Å². The summed E-state index contributed by atoms with van der Waals surface area (Å²) in [6.45, 7) is 0.846. The van der Waals surface area contributed by atoms with Gasteiger partial charge in [0.15, 0.2) is 0 Å². The van der Waals surface area contributed by atoms with Gasteiger partial charge >= 0.3 is 11.9 Å². The third kappa shape index (κ3) is 6.53. The molecule has 0 atom stereocenters. The average molecular weight is 546 g/mol. The number of aliphatic carboxylic acids is 1. The molecule has 192 valence electrons. The lowest BCUT2D eigenvalue weighted by molar-refractivity contribution is -0.152. The monoisotopic (exact) mass is 545 g/mol. The highest BCUT2D eigenvalue weighted by Gasteiger charge is 2.16. The van der Waals surface area contributed by atoms with Crippen LogP contribution in [0.2, 0.25) is 0 Å². The number of ether oxygens (including phenoxy) is 2. The van der Waals surface area contributed by atoms with E-state index in [9.17, 15) is 9.59 Å². The van der Waals surface area contributed by atoms with Crippen molar-refractivity contribution in [2.75, 3.05) is 0 Å². The van der Waals surface area contributed by atoms with Crippen LogP contribution in [0.15, 0.2) is 83.7 Å². The number of aromatic nitrogens is 3. The van der Waals surface area contributed by atoms with Crippen molar-refractivity contribution in [1.82, 2.24) is 14.8 Å². The van der Waals surface area contributed by atoms with E-state index < -0.39 is 18.4 Å². The summed E-state index contributed by atoms with van der Waals surface area (Å²) in [4.78, 5) is 28.1. The quantitative estimate of drug-likeness (QED) is 0.163. The summed E-state index contributed by atoms with van der Waals surface area (Å²) in [5, 5.41) is 18.4. The molecule has 0 unspecified atom stereocenters. The Morgan fingerprint density at radius 2 is 1.76 bits per heavy atom. The lowest BCUT2D eigenvalue weighted by Crippen LogP contribution is -2.10. The number of rotatable bonds is 11. The summed E-state index contributed by atoms with van der Waals surface area (Å²) in [5.41, 5.74) is 4.42. The Labute approximate surface area is 226 Å².